The SMILES string of the molecule is C=C(C)[C@@H]1CC[C@]2(C(=O)N3CC4CC[N+](C)(CC4)C3)CC[C@]3(C)[C@@H](CC[C@@H]4[C@@]5(C)CC[C@H](OC(C)=O)C(C)(C)[C@@H]5CC[C@]43C)[C@H]12.[I-]. The smallest absolute Gasteiger partial charge is 0.302 e. The molecule has 6 heteroatoms. The van der Waals surface area contributed by atoms with Crippen LogP contribution >= 0.6 is 0 Å². The first-order valence-corrected chi connectivity index (χ1v) is 19.0. The van der Waals surface area contributed by atoms with E-state index in [1.165, 1.54) is 63.6 Å². The van der Waals surface area contributed by atoms with E-state index in [2.05, 4.69) is 60.1 Å². The summed E-state index contributed by atoms with van der Waals surface area (Å²) in [5.41, 5.74) is 1.86. The van der Waals surface area contributed by atoms with Crippen molar-refractivity contribution < 1.29 is 42.8 Å². The summed E-state index contributed by atoms with van der Waals surface area (Å²) in [5, 5.41) is 0. The third kappa shape index (κ3) is 4.80. The zero-order valence-corrected chi connectivity index (χ0v) is 32.7. The first kappa shape index (κ1) is 35.2. The highest BCUT2D eigenvalue weighted by atomic mass is 127. The number of halogens is 1. The summed E-state index contributed by atoms with van der Waals surface area (Å²) in [6.45, 7) is 25.6. The number of hydrogen-bond acceptors (Lipinski definition) is 3. The van der Waals surface area contributed by atoms with Crippen LogP contribution in [-0.2, 0) is 14.3 Å². The molecule has 0 radical (unpaired) electrons. The fourth-order valence-corrected chi connectivity index (χ4v) is 14.7. The zero-order chi connectivity index (χ0) is 32.4. The number of hydrogen-bond donors (Lipinski definition) is 0. The number of esters is 1. The minimum absolute atomic E-state index is 0. The van der Waals surface area contributed by atoms with Gasteiger partial charge in [0.15, 0.2) is 6.67 Å². The predicted octanol–water partition coefficient (Wildman–Crippen LogP) is 5.24. The number of carbonyl (C=O) groups excluding carboxylic acids is 2. The van der Waals surface area contributed by atoms with Crippen LogP contribution in [0.15, 0.2) is 12.2 Å². The van der Waals surface area contributed by atoms with E-state index in [-0.39, 0.29) is 63.1 Å². The molecule has 8 fully saturated rings. The van der Waals surface area contributed by atoms with Gasteiger partial charge in [0, 0.05) is 31.7 Å². The molecule has 0 aromatic carbocycles. The van der Waals surface area contributed by atoms with Crippen molar-refractivity contribution in [3.05, 3.63) is 12.2 Å². The van der Waals surface area contributed by atoms with Crippen LogP contribution in [0.4, 0.5) is 0 Å². The molecule has 2 bridgehead atoms. The molecule has 5 aliphatic carbocycles. The Bertz CT molecular complexity index is 1260. The molecule has 0 aromatic rings. The summed E-state index contributed by atoms with van der Waals surface area (Å²) in [4.78, 5) is 29.6. The van der Waals surface area contributed by atoms with Crippen molar-refractivity contribution in [3.8, 4) is 0 Å². The second-order valence-electron chi connectivity index (χ2n) is 19.5. The zero-order valence-electron chi connectivity index (χ0n) is 30.6. The Kier molecular flexibility index (Phi) is 8.76. The van der Waals surface area contributed by atoms with Crippen LogP contribution in [0.2, 0.25) is 0 Å². The monoisotopic (exact) mass is 748 g/mol. The highest BCUT2D eigenvalue weighted by molar-refractivity contribution is 5.84. The van der Waals surface area contributed by atoms with Gasteiger partial charge in [0.2, 0.25) is 5.91 Å². The number of carbonyl (C=O) groups is 2. The number of nitrogens with zero attached hydrogens (tertiary/aromatic N) is 2. The molecule has 1 amide bonds. The van der Waals surface area contributed by atoms with E-state index in [0.717, 1.165) is 49.8 Å². The van der Waals surface area contributed by atoms with Crippen molar-refractivity contribution in [1.29, 1.82) is 0 Å². The lowest BCUT2D eigenvalue weighted by Crippen LogP contribution is -3.00. The van der Waals surface area contributed by atoms with Crippen LogP contribution in [0.25, 0.3) is 0 Å². The molecule has 0 N–H and O–H groups in total. The summed E-state index contributed by atoms with van der Waals surface area (Å²) in [6, 6.07) is 0. The Hall–Kier alpha value is -0.630. The molecule has 260 valence electrons. The van der Waals surface area contributed by atoms with Gasteiger partial charge >= 0.3 is 5.97 Å². The molecule has 0 aromatic heterocycles. The fraction of sp³-hybridized carbons (Fsp3) is 0.900. The number of allylic oxidation sites excluding steroid dienone is 1. The van der Waals surface area contributed by atoms with E-state index in [1.54, 1.807) is 6.92 Å². The molecule has 10 atom stereocenters. The quantitative estimate of drug-likeness (QED) is 0.172. The van der Waals surface area contributed by atoms with Gasteiger partial charge in [-0.25, -0.2) is 0 Å². The van der Waals surface area contributed by atoms with Crippen molar-refractivity contribution >= 4 is 11.9 Å². The maximum atomic E-state index is 15.1. The van der Waals surface area contributed by atoms with Crippen molar-refractivity contribution in [3.63, 3.8) is 0 Å². The molecule has 8 aliphatic rings. The summed E-state index contributed by atoms with van der Waals surface area (Å²) in [7, 11) is 2.40. The van der Waals surface area contributed by atoms with Gasteiger partial charge in [-0.2, -0.15) is 0 Å². The van der Waals surface area contributed by atoms with Gasteiger partial charge in [-0.3, -0.25) is 14.5 Å². The lowest BCUT2D eigenvalue weighted by molar-refractivity contribution is -0.919. The van der Waals surface area contributed by atoms with Gasteiger partial charge in [0.25, 0.3) is 0 Å². The van der Waals surface area contributed by atoms with Gasteiger partial charge in [-0.05, 0) is 123 Å². The predicted molar refractivity (Wildman–Crippen MR) is 180 cm³/mol. The fourth-order valence-electron chi connectivity index (χ4n) is 14.7. The number of quaternary nitrogens is 1. The molecule has 3 aliphatic heterocycles. The average Bonchev–Trinajstić information content (AvgIpc) is 3.18. The first-order valence-electron chi connectivity index (χ1n) is 19.0. The Labute approximate surface area is 298 Å². The van der Waals surface area contributed by atoms with Gasteiger partial charge < -0.3 is 33.2 Å². The molecule has 0 spiro atoms. The van der Waals surface area contributed by atoms with Crippen LogP contribution < -0.4 is 24.0 Å². The van der Waals surface area contributed by atoms with Gasteiger partial charge in [0.1, 0.15) is 6.10 Å². The van der Waals surface area contributed by atoms with E-state index in [4.69, 9.17) is 4.74 Å². The van der Waals surface area contributed by atoms with E-state index in [9.17, 15) is 4.79 Å². The van der Waals surface area contributed by atoms with E-state index >= 15 is 4.79 Å². The minimum Gasteiger partial charge on any atom is -1.00 e. The lowest BCUT2D eigenvalue weighted by Gasteiger charge is -2.73. The third-order valence-electron chi connectivity index (χ3n) is 17.2. The summed E-state index contributed by atoms with van der Waals surface area (Å²) >= 11 is 0. The van der Waals surface area contributed by atoms with Crippen LogP contribution in [0.5, 0.6) is 0 Å². The molecule has 8 rings (SSSR count). The van der Waals surface area contributed by atoms with Crippen LogP contribution in [0.3, 0.4) is 0 Å². The summed E-state index contributed by atoms with van der Waals surface area (Å²) in [6.07, 6.45) is 14.2. The highest BCUT2D eigenvalue weighted by Crippen LogP contribution is 2.77. The van der Waals surface area contributed by atoms with Crippen molar-refractivity contribution in [2.24, 2.45) is 62.6 Å². The second-order valence-corrected chi connectivity index (χ2v) is 19.5. The number of amides is 1. The maximum Gasteiger partial charge on any atom is 0.302 e. The third-order valence-corrected chi connectivity index (χ3v) is 17.2. The lowest BCUT2D eigenvalue weighted by atomic mass is 9.32. The maximum absolute atomic E-state index is 15.1. The first-order chi connectivity index (χ1) is 21.0. The van der Waals surface area contributed by atoms with E-state index in [1.807, 2.05) is 0 Å². The van der Waals surface area contributed by atoms with Crippen molar-refractivity contribution in [2.45, 2.75) is 132 Å². The van der Waals surface area contributed by atoms with Crippen molar-refractivity contribution in [2.75, 3.05) is 33.4 Å². The number of fused-ring (bicyclic) bond motifs is 11. The molecule has 3 heterocycles. The van der Waals surface area contributed by atoms with Crippen molar-refractivity contribution in [1.82, 2.24) is 4.90 Å². The Morgan fingerprint density at radius 2 is 1.50 bits per heavy atom. The topological polar surface area (TPSA) is 46.6 Å². The molecule has 5 nitrogen and oxygen atoms in total. The molecular weight excluding hydrogens is 683 g/mol. The number of ether oxygens (including phenoxy) is 1. The average molecular weight is 749 g/mol. The normalized spacial score (nSPS) is 50.5. The van der Waals surface area contributed by atoms with E-state index < -0.39 is 0 Å². The molecular formula is C40H65IN2O3. The number of rotatable bonds is 3. The largest absolute Gasteiger partial charge is 1.00 e. The minimum atomic E-state index is -0.202. The standard InChI is InChI=1S/C40H65N2O3.HI/c1-26(2)29-12-19-40(35(44)41-24-28-15-22-42(9,25-41)23-16-28)21-20-38(7)30(34(29)40)10-11-32-37(6)17-14-33(45-27(3)43)36(4,5)31(37)13-18-39(32,38)8;/h28-34H,1,10-25H2,2-9H3;1H/q+1;/p-1/t28?,29-,30-,31-,32+,33-,34-,37-,38+,39+,40-,42?;/m0./s1. The molecule has 46 heavy (non-hydrogen) atoms. The Morgan fingerprint density at radius 3 is 2.15 bits per heavy atom. The van der Waals surface area contributed by atoms with Crippen LogP contribution in [-0.4, -0.2) is 60.7 Å². The Morgan fingerprint density at radius 1 is 0.804 bits per heavy atom. The second kappa shape index (κ2) is 11.5. The van der Waals surface area contributed by atoms with Crippen LogP contribution in [0.1, 0.15) is 126 Å². The van der Waals surface area contributed by atoms with Gasteiger partial charge in [0.05, 0.1) is 25.6 Å². The molecule has 3 saturated heterocycles. The highest BCUT2D eigenvalue weighted by Gasteiger charge is 2.72. The van der Waals surface area contributed by atoms with E-state index in [0.29, 0.717) is 41.4 Å². The molecule has 5 saturated carbocycles. The summed E-state index contributed by atoms with van der Waals surface area (Å²) in [5.74, 6) is 3.82. The summed E-state index contributed by atoms with van der Waals surface area (Å²) < 4.78 is 7.04. The van der Waals surface area contributed by atoms with Crippen LogP contribution in [0, 0.1) is 62.6 Å². The number of piperidine rings is 1. The Balaban J connectivity index is 0.00000372. The van der Waals surface area contributed by atoms with Gasteiger partial charge in [-0.15, -0.1) is 0 Å². The molecule has 0 unspecified atom stereocenters. The van der Waals surface area contributed by atoms with Gasteiger partial charge in [-0.1, -0.05) is 46.8 Å².